The molecule has 0 spiro atoms. The quantitative estimate of drug-likeness (QED) is 0.502. The van der Waals surface area contributed by atoms with Crippen molar-refractivity contribution in [2.45, 2.75) is 0 Å². The van der Waals surface area contributed by atoms with E-state index in [0.717, 1.165) is 0 Å². The Balaban J connectivity index is 3.88. The average Bonchev–Trinajstić information content (AvgIpc) is 1.84. The number of aliphatic hydroxyl groups excluding tert-OH is 1. The summed E-state index contributed by atoms with van der Waals surface area (Å²) in [6.07, 6.45) is 0. The molecule has 0 aromatic rings. The lowest BCUT2D eigenvalue weighted by Gasteiger charge is -2.14. The van der Waals surface area contributed by atoms with Crippen LogP contribution in [0.4, 0.5) is 0 Å². The first kappa shape index (κ1) is 8.58. The van der Waals surface area contributed by atoms with Gasteiger partial charge in [-0.3, -0.25) is 4.90 Å². The van der Waals surface area contributed by atoms with Gasteiger partial charge in [0.15, 0.2) is 5.11 Å². The third-order valence-electron chi connectivity index (χ3n) is 0.805. The molecule has 0 aliphatic heterocycles. The fourth-order valence-electron chi connectivity index (χ4n) is 0.255. The largest absolute Gasteiger partial charge is 0.486 e. The van der Waals surface area contributed by atoms with Crippen LogP contribution in [0.25, 0.3) is 0 Å². The summed E-state index contributed by atoms with van der Waals surface area (Å²) in [4.78, 5) is 1.30. The zero-order chi connectivity index (χ0) is 7.44. The van der Waals surface area contributed by atoms with E-state index in [4.69, 9.17) is 17.3 Å². The predicted octanol–water partition coefficient (Wildman–Crippen LogP) is 0.265. The van der Waals surface area contributed by atoms with Crippen LogP contribution in [0.3, 0.4) is 0 Å². The van der Waals surface area contributed by atoms with E-state index in [9.17, 15) is 0 Å². The van der Waals surface area contributed by atoms with Crippen molar-refractivity contribution in [3.63, 3.8) is 0 Å². The van der Waals surface area contributed by atoms with Gasteiger partial charge in [-0.05, 0) is 24.4 Å². The molecule has 0 aliphatic carbocycles. The molecule has 0 aliphatic rings. The molecular formula is C4H8N2OS2. The van der Waals surface area contributed by atoms with Crippen molar-refractivity contribution in [3.8, 4) is 0 Å². The molecule has 0 radical (unpaired) electrons. The highest BCUT2D eigenvalue weighted by Crippen LogP contribution is 1.84. The Labute approximate surface area is 64.7 Å². The Kier molecular flexibility index (Phi) is 3.41. The number of thiocarbonyl (C=S) groups is 2. The molecule has 0 rings (SSSR count). The lowest BCUT2D eigenvalue weighted by molar-refractivity contribution is 0.481. The van der Waals surface area contributed by atoms with Gasteiger partial charge < -0.3 is 10.4 Å². The molecule has 0 unspecified atom stereocenters. The second kappa shape index (κ2) is 3.58. The smallest absolute Gasteiger partial charge is 0.262 e. The second-order valence-corrected chi connectivity index (χ2v) is 2.15. The average molecular weight is 164 g/mol. The van der Waals surface area contributed by atoms with Crippen LogP contribution in [0.15, 0.2) is 0 Å². The highest BCUT2D eigenvalue weighted by atomic mass is 32.1. The summed E-state index contributed by atoms with van der Waals surface area (Å²) in [5.74, 6) is 0. The molecule has 0 aromatic carbocycles. The Morgan fingerprint density at radius 3 is 2.11 bits per heavy atom. The van der Waals surface area contributed by atoms with Crippen LogP contribution in [-0.4, -0.2) is 34.4 Å². The second-order valence-electron chi connectivity index (χ2n) is 1.40. The van der Waals surface area contributed by atoms with E-state index in [1.165, 1.54) is 4.90 Å². The van der Waals surface area contributed by atoms with Crippen LogP contribution >= 0.6 is 24.4 Å². The molecule has 0 saturated carbocycles. The summed E-state index contributed by atoms with van der Waals surface area (Å²) in [5, 5.41) is 11.5. The van der Waals surface area contributed by atoms with E-state index in [-0.39, 0.29) is 5.17 Å². The van der Waals surface area contributed by atoms with Crippen molar-refractivity contribution in [3.05, 3.63) is 0 Å². The van der Waals surface area contributed by atoms with Gasteiger partial charge in [-0.25, -0.2) is 0 Å². The standard InChI is InChI=1S/C4H8N2OS2/c1-5-3(8)6(2)4(7)9/h1-2H3,(H,5,8)(H,7,9). The first-order valence-electron chi connectivity index (χ1n) is 2.28. The number of hydrogen-bond donors (Lipinski definition) is 2. The molecular weight excluding hydrogens is 156 g/mol. The van der Waals surface area contributed by atoms with Crippen molar-refractivity contribution in [1.82, 2.24) is 10.2 Å². The molecule has 0 bridgehead atoms. The van der Waals surface area contributed by atoms with Gasteiger partial charge in [0.2, 0.25) is 0 Å². The third-order valence-corrected chi connectivity index (χ3v) is 1.56. The summed E-state index contributed by atoms with van der Waals surface area (Å²) < 4.78 is 0. The Bertz CT molecular complexity index is 137. The van der Waals surface area contributed by atoms with Crippen LogP contribution in [0, 0.1) is 0 Å². The normalized spacial score (nSPS) is 8.22. The van der Waals surface area contributed by atoms with Gasteiger partial charge in [0, 0.05) is 14.1 Å². The van der Waals surface area contributed by atoms with E-state index in [0.29, 0.717) is 5.11 Å². The molecule has 5 heteroatoms. The predicted molar refractivity (Wildman–Crippen MR) is 44.6 cm³/mol. The molecule has 0 atom stereocenters. The van der Waals surface area contributed by atoms with Crippen molar-refractivity contribution in [2.75, 3.05) is 14.1 Å². The van der Waals surface area contributed by atoms with Crippen LogP contribution < -0.4 is 5.32 Å². The minimum absolute atomic E-state index is 0.227. The minimum atomic E-state index is -0.227. The summed E-state index contributed by atoms with van der Waals surface area (Å²) >= 11 is 9.14. The summed E-state index contributed by atoms with van der Waals surface area (Å²) in [6, 6.07) is 0. The Morgan fingerprint density at radius 2 is 2.00 bits per heavy atom. The Morgan fingerprint density at radius 1 is 1.56 bits per heavy atom. The zero-order valence-electron chi connectivity index (χ0n) is 5.21. The highest BCUT2D eigenvalue weighted by molar-refractivity contribution is 7.81. The maximum atomic E-state index is 8.65. The molecule has 2 N–H and O–H groups in total. The van der Waals surface area contributed by atoms with E-state index in [2.05, 4.69) is 17.5 Å². The van der Waals surface area contributed by atoms with Crippen LogP contribution in [0.5, 0.6) is 0 Å². The fraction of sp³-hybridized carbons (Fsp3) is 0.500. The van der Waals surface area contributed by atoms with Crippen LogP contribution in [0.2, 0.25) is 0 Å². The first-order valence-corrected chi connectivity index (χ1v) is 3.09. The Hall–Kier alpha value is -0.420. The van der Waals surface area contributed by atoms with Gasteiger partial charge >= 0.3 is 0 Å². The number of aliphatic hydroxyl groups is 1. The fourth-order valence-corrected chi connectivity index (χ4v) is 0.490. The van der Waals surface area contributed by atoms with Crippen molar-refractivity contribution >= 4 is 34.7 Å². The monoisotopic (exact) mass is 164 g/mol. The first-order chi connectivity index (χ1) is 4.09. The van der Waals surface area contributed by atoms with E-state index >= 15 is 0 Å². The van der Waals surface area contributed by atoms with Crippen LogP contribution in [0.1, 0.15) is 0 Å². The molecule has 9 heavy (non-hydrogen) atoms. The van der Waals surface area contributed by atoms with Gasteiger partial charge in [-0.15, -0.1) is 0 Å². The number of nitrogens with one attached hydrogen (secondary N) is 1. The minimum Gasteiger partial charge on any atom is -0.486 e. The van der Waals surface area contributed by atoms with Crippen molar-refractivity contribution < 1.29 is 5.11 Å². The zero-order valence-corrected chi connectivity index (χ0v) is 6.84. The van der Waals surface area contributed by atoms with Crippen molar-refractivity contribution in [2.24, 2.45) is 0 Å². The lowest BCUT2D eigenvalue weighted by atomic mass is 10.8. The van der Waals surface area contributed by atoms with E-state index in [1.807, 2.05) is 0 Å². The lowest BCUT2D eigenvalue weighted by Crippen LogP contribution is -2.37. The third kappa shape index (κ3) is 2.57. The molecule has 0 aromatic heterocycles. The number of rotatable bonds is 0. The summed E-state index contributed by atoms with van der Waals surface area (Å²) in [5.41, 5.74) is 0. The molecule has 52 valence electrons. The van der Waals surface area contributed by atoms with E-state index in [1.54, 1.807) is 14.1 Å². The van der Waals surface area contributed by atoms with Gasteiger partial charge in [0.25, 0.3) is 5.17 Å². The van der Waals surface area contributed by atoms with E-state index < -0.39 is 0 Å². The summed E-state index contributed by atoms with van der Waals surface area (Å²) in [6.45, 7) is 0. The maximum Gasteiger partial charge on any atom is 0.262 e. The molecule has 0 fully saturated rings. The van der Waals surface area contributed by atoms with Gasteiger partial charge in [-0.2, -0.15) is 0 Å². The molecule has 3 nitrogen and oxygen atoms in total. The number of nitrogens with zero attached hydrogens (tertiary/aromatic N) is 1. The van der Waals surface area contributed by atoms with Gasteiger partial charge in [0.1, 0.15) is 0 Å². The topological polar surface area (TPSA) is 35.5 Å². The van der Waals surface area contributed by atoms with Gasteiger partial charge in [-0.1, -0.05) is 0 Å². The molecule has 0 heterocycles. The number of hydrogen-bond acceptors (Lipinski definition) is 2. The molecule has 0 amide bonds. The summed E-state index contributed by atoms with van der Waals surface area (Å²) in [7, 11) is 3.25. The van der Waals surface area contributed by atoms with Crippen LogP contribution in [-0.2, 0) is 0 Å². The van der Waals surface area contributed by atoms with Crippen molar-refractivity contribution in [1.29, 1.82) is 0 Å². The molecule has 0 saturated heterocycles. The SMILES string of the molecule is CNC(=S)N(C)C(O)=S. The highest BCUT2D eigenvalue weighted by Gasteiger charge is 2.03. The van der Waals surface area contributed by atoms with Gasteiger partial charge in [0.05, 0.1) is 0 Å². The maximum absolute atomic E-state index is 8.65.